The third kappa shape index (κ3) is 1.90. The first-order valence-electron chi connectivity index (χ1n) is 4.81. The Bertz CT molecular complexity index is 392. The molecule has 0 spiro atoms. The van der Waals surface area contributed by atoms with Gasteiger partial charge in [0.1, 0.15) is 0 Å². The van der Waals surface area contributed by atoms with E-state index in [0.717, 1.165) is 11.3 Å². The van der Waals surface area contributed by atoms with Gasteiger partial charge in [0.25, 0.3) is 0 Å². The van der Waals surface area contributed by atoms with Crippen molar-refractivity contribution in [2.24, 2.45) is 5.73 Å². The molecule has 2 N–H and O–H groups in total. The maximum Gasteiger partial charge on any atom is 0.155 e. The molecule has 2 heterocycles. The monoisotopic (exact) mass is 192 g/mol. The number of hydrogen-bond acceptors (Lipinski definition) is 3. The van der Waals surface area contributed by atoms with Crippen molar-refractivity contribution in [3.05, 3.63) is 30.5 Å². The molecule has 4 nitrogen and oxygen atoms in total. The zero-order valence-corrected chi connectivity index (χ0v) is 8.81. The van der Waals surface area contributed by atoms with E-state index in [1.54, 1.807) is 18.6 Å². The zero-order chi connectivity index (χ0) is 10.6. The average Bonchev–Trinajstić information content (AvgIpc) is 2.64. The van der Waals surface area contributed by atoms with Crippen LogP contribution in [-0.2, 0) is 0 Å². The second kappa shape index (κ2) is 4.72. The minimum Gasteiger partial charge on any atom is -0.323 e. The normalized spacial score (nSPS) is 12.0. The van der Waals surface area contributed by atoms with Gasteiger partial charge >= 0.3 is 0 Å². The first-order chi connectivity index (χ1) is 6.79. The van der Waals surface area contributed by atoms with Gasteiger partial charge in [0.2, 0.25) is 0 Å². The molecule has 2 aromatic rings. The maximum absolute atomic E-state index is 5.74. The molecule has 0 aliphatic rings. The number of aromatic nitrogens is 3. The van der Waals surface area contributed by atoms with Crippen LogP contribution >= 0.6 is 0 Å². The van der Waals surface area contributed by atoms with Crippen LogP contribution in [0.15, 0.2) is 24.8 Å². The van der Waals surface area contributed by atoms with Crippen molar-refractivity contribution in [3.63, 3.8) is 0 Å². The molecular weight excluding hydrogens is 176 g/mol. The molecule has 0 radical (unpaired) electrons. The SMILES string of the molecule is CC.CC(N)c1cnc2cnccn12. The Balaban J connectivity index is 0.000000461. The topological polar surface area (TPSA) is 56.2 Å². The number of rotatable bonds is 1. The molecule has 0 saturated heterocycles. The van der Waals surface area contributed by atoms with E-state index in [-0.39, 0.29) is 6.04 Å². The van der Waals surface area contributed by atoms with Crippen LogP contribution in [0.5, 0.6) is 0 Å². The van der Waals surface area contributed by atoms with E-state index in [9.17, 15) is 0 Å². The van der Waals surface area contributed by atoms with Crippen LogP contribution in [0.3, 0.4) is 0 Å². The Morgan fingerprint density at radius 3 is 2.71 bits per heavy atom. The van der Waals surface area contributed by atoms with Crippen molar-refractivity contribution in [1.82, 2.24) is 14.4 Å². The molecule has 0 aliphatic carbocycles. The number of nitrogens with zero attached hydrogens (tertiary/aromatic N) is 3. The minimum atomic E-state index is 0.00222. The van der Waals surface area contributed by atoms with Crippen LogP contribution in [0.4, 0.5) is 0 Å². The third-order valence-electron chi connectivity index (χ3n) is 1.81. The highest BCUT2D eigenvalue weighted by atomic mass is 15.0. The average molecular weight is 192 g/mol. The molecule has 76 valence electrons. The van der Waals surface area contributed by atoms with E-state index in [2.05, 4.69) is 9.97 Å². The van der Waals surface area contributed by atoms with Gasteiger partial charge < -0.3 is 5.73 Å². The van der Waals surface area contributed by atoms with Gasteiger partial charge in [-0.1, -0.05) is 13.8 Å². The fourth-order valence-corrected chi connectivity index (χ4v) is 1.20. The lowest BCUT2D eigenvalue weighted by Gasteiger charge is -2.02. The lowest BCUT2D eigenvalue weighted by Crippen LogP contribution is -2.07. The highest BCUT2D eigenvalue weighted by molar-refractivity contribution is 5.37. The van der Waals surface area contributed by atoms with Gasteiger partial charge in [-0.2, -0.15) is 0 Å². The third-order valence-corrected chi connectivity index (χ3v) is 1.81. The van der Waals surface area contributed by atoms with E-state index in [1.165, 1.54) is 0 Å². The van der Waals surface area contributed by atoms with E-state index in [0.29, 0.717) is 0 Å². The predicted octanol–water partition coefficient (Wildman–Crippen LogP) is 1.78. The second-order valence-corrected chi connectivity index (χ2v) is 2.78. The quantitative estimate of drug-likeness (QED) is 0.749. The van der Waals surface area contributed by atoms with Gasteiger partial charge in [-0.3, -0.25) is 9.38 Å². The Kier molecular flexibility index (Phi) is 3.59. The standard InChI is InChI=1S/C8H10N4.C2H6/c1-6(9)7-4-11-8-5-10-2-3-12(7)8;1-2/h2-6H,9H2,1H3;1-2H3. The summed E-state index contributed by atoms with van der Waals surface area (Å²) in [6, 6.07) is 0.00222. The Labute approximate surface area is 83.8 Å². The van der Waals surface area contributed by atoms with Crippen LogP contribution in [0.2, 0.25) is 0 Å². The number of nitrogens with two attached hydrogens (primary N) is 1. The molecule has 0 saturated carbocycles. The summed E-state index contributed by atoms with van der Waals surface area (Å²) >= 11 is 0. The highest BCUT2D eigenvalue weighted by Crippen LogP contribution is 2.10. The molecule has 0 amide bonds. The van der Waals surface area contributed by atoms with Crippen molar-refractivity contribution in [1.29, 1.82) is 0 Å². The van der Waals surface area contributed by atoms with E-state index >= 15 is 0 Å². The number of imidazole rings is 1. The summed E-state index contributed by atoms with van der Waals surface area (Å²) in [5.74, 6) is 0. The summed E-state index contributed by atoms with van der Waals surface area (Å²) in [6.07, 6.45) is 7.08. The maximum atomic E-state index is 5.74. The van der Waals surface area contributed by atoms with E-state index < -0.39 is 0 Å². The summed E-state index contributed by atoms with van der Waals surface area (Å²) in [5, 5.41) is 0. The van der Waals surface area contributed by atoms with Gasteiger partial charge in [0.05, 0.1) is 18.1 Å². The van der Waals surface area contributed by atoms with Gasteiger partial charge in [0.15, 0.2) is 5.65 Å². The van der Waals surface area contributed by atoms with Crippen molar-refractivity contribution in [3.8, 4) is 0 Å². The van der Waals surface area contributed by atoms with Crippen molar-refractivity contribution in [2.45, 2.75) is 26.8 Å². The van der Waals surface area contributed by atoms with Crippen molar-refractivity contribution in [2.75, 3.05) is 0 Å². The molecule has 0 fully saturated rings. The van der Waals surface area contributed by atoms with Crippen molar-refractivity contribution >= 4 is 5.65 Å². The summed E-state index contributed by atoms with van der Waals surface area (Å²) in [6.45, 7) is 5.93. The van der Waals surface area contributed by atoms with Crippen LogP contribution in [0.1, 0.15) is 32.5 Å². The Morgan fingerprint density at radius 2 is 2.07 bits per heavy atom. The lowest BCUT2D eigenvalue weighted by molar-refractivity contribution is 0.768. The molecule has 14 heavy (non-hydrogen) atoms. The first kappa shape index (κ1) is 10.7. The lowest BCUT2D eigenvalue weighted by atomic mass is 10.3. The van der Waals surface area contributed by atoms with Crippen LogP contribution < -0.4 is 5.73 Å². The summed E-state index contributed by atoms with van der Waals surface area (Å²) < 4.78 is 1.94. The molecule has 2 aromatic heterocycles. The largest absolute Gasteiger partial charge is 0.323 e. The van der Waals surface area contributed by atoms with Gasteiger partial charge in [-0.25, -0.2) is 4.98 Å². The molecule has 0 bridgehead atoms. The first-order valence-corrected chi connectivity index (χ1v) is 4.81. The second-order valence-electron chi connectivity index (χ2n) is 2.78. The zero-order valence-electron chi connectivity index (χ0n) is 8.81. The van der Waals surface area contributed by atoms with Crippen molar-refractivity contribution < 1.29 is 0 Å². The van der Waals surface area contributed by atoms with Crippen LogP contribution in [0.25, 0.3) is 5.65 Å². The number of fused-ring (bicyclic) bond motifs is 1. The van der Waals surface area contributed by atoms with E-state index in [4.69, 9.17) is 5.73 Å². The molecule has 1 atom stereocenters. The molecule has 1 unspecified atom stereocenters. The minimum absolute atomic E-state index is 0.00222. The van der Waals surface area contributed by atoms with Gasteiger partial charge in [-0.15, -0.1) is 0 Å². The predicted molar refractivity (Wildman–Crippen MR) is 56.9 cm³/mol. The summed E-state index contributed by atoms with van der Waals surface area (Å²) in [7, 11) is 0. The Hall–Kier alpha value is -1.42. The molecule has 0 aliphatic heterocycles. The van der Waals surface area contributed by atoms with E-state index in [1.807, 2.05) is 31.4 Å². The van der Waals surface area contributed by atoms with Gasteiger partial charge in [0, 0.05) is 18.4 Å². The molecule has 2 rings (SSSR count). The molecule has 4 heteroatoms. The fraction of sp³-hybridized carbons (Fsp3) is 0.400. The van der Waals surface area contributed by atoms with Crippen LogP contribution in [-0.4, -0.2) is 14.4 Å². The summed E-state index contributed by atoms with van der Waals surface area (Å²) in [4.78, 5) is 8.12. The molecular formula is C10H16N4. The Morgan fingerprint density at radius 1 is 1.36 bits per heavy atom. The van der Waals surface area contributed by atoms with Gasteiger partial charge in [-0.05, 0) is 6.92 Å². The highest BCUT2D eigenvalue weighted by Gasteiger charge is 2.05. The summed E-state index contributed by atoms with van der Waals surface area (Å²) in [5.41, 5.74) is 7.59. The molecule has 0 aromatic carbocycles. The fourth-order valence-electron chi connectivity index (χ4n) is 1.20. The number of hydrogen-bond donors (Lipinski definition) is 1. The smallest absolute Gasteiger partial charge is 0.155 e. The van der Waals surface area contributed by atoms with Crippen LogP contribution in [0, 0.1) is 0 Å².